The van der Waals surface area contributed by atoms with Gasteiger partial charge in [-0.2, -0.15) is 0 Å². The van der Waals surface area contributed by atoms with Crippen LogP contribution in [-0.4, -0.2) is 35.0 Å². The minimum atomic E-state index is -0.431. The van der Waals surface area contributed by atoms with Crippen molar-refractivity contribution in [3.8, 4) is 22.8 Å². The molecule has 36 heavy (non-hydrogen) atoms. The second-order valence-corrected chi connectivity index (χ2v) is 8.47. The van der Waals surface area contributed by atoms with Crippen LogP contribution >= 0.6 is 0 Å². The maximum Gasteiger partial charge on any atom is 0.270 e. The summed E-state index contributed by atoms with van der Waals surface area (Å²) in [6, 6.07) is 22.5. The van der Waals surface area contributed by atoms with Crippen molar-refractivity contribution < 1.29 is 19.1 Å². The molecule has 3 N–H and O–H groups in total. The van der Waals surface area contributed by atoms with Crippen molar-refractivity contribution in [2.75, 3.05) is 13.2 Å². The molecule has 0 atom stereocenters. The van der Waals surface area contributed by atoms with Crippen molar-refractivity contribution in [2.24, 2.45) is 0 Å². The molecule has 0 bridgehead atoms. The molecular weight excluding hydrogens is 456 g/mol. The fraction of sp³-hybridized carbons (Fsp3) is 0.107. The zero-order valence-electron chi connectivity index (χ0n) is 19.2. The van der Waals surface area contributed by atoms with Crippen LogP contribution in [0.15, 0.2) is 79.0 Å². The highest BCUT2D eigenvalue weighted by atomic mass is 16.6. The van der Waals surface area contributed by atoms with Gasteiger partial charge in [-0.25, -0.2) is 4.98 Å². The van der Waals surface area contributed by atoms with Crippen LogP contribution in [0.5, 0.6) is 11.5 Å². The van der Waals surface area contributed by atoms with Gasteiger partial charge in [-0.3, -0.25) is 20.4 Å². The molecule has 3 aromatic carbocycles. The Balaban J connectivity index is 1.25. The first-order valence-corrected chi connectivity index (χ1v) is 11.6. The summed E-state index contributed by atoms with van der Waals surface area (Å²) < 4.78 is 11.3. The Labute approximate surface area is 206 Å². The molecule has 1 aliphatic rings. The third kappa shape index (κ3) is 4.09. The van der Waals surface area contributed by atoms with E-state index in [4.69, 9.17) is 14.5 Å². The summed E-state index contributed by atoms with van der Waals surface area (Å²) in [5, 5.41) is 1.66. The Morgan fingerprint density at radius 2 is 1.64 bits per heavy atom. The lowest BCUT2D eigenvalue weighted by Gasteiger charge is -2.19. The number of carbonyl (C=O) groups excluding carboxylic acids is 2. The largest absolute Gasteiger partial charge is 0.486 e. The fourth-order valence-corrected chi connectivity index (χ4v) is 4.40. The third-order valence-corrected chi connectivity index (χ3v) is 6.14. The number of aromatic amines is 1. The predicted molar refractivity (Wildman–Crippen MR) is 136 cm³/mol. The van der Waals surface area contributed by atoms with Gasteiger partial charge in [0.1, 0.15) is 13.2 Å². The van der Waals surface area contributed by atoms with Crippen molar-refractivity contribution in [3.05, 3.63) is 90.1 Å². The molecule has 5 aromatic rings. The Morgan fingerprint density at radius 3 is 2.53 bits per heavy atom. The summed E-state index contributed by atoms with van der Waals surface area (Å²) in [5.74, 6) is 0.573. The summed E-state index contributed by atoms with van der Waals surface area (Å²) >= 11 is 0. The first kappa shape index (κ1) is 21.7. The van der Waals surface area contributed by atoms with Crippen molar-refractivity contribution in [1.82, 2.24) is 20.8 Å². The SMILES string of the molecule is O=C(Cc1c[nH]c2ccccc12)NNC(=O)c1cc(-c2ccc3c(c2)OCCO3)nc2ccccc12. The van der Waals surface area contributed by atoms with Crippen LogP contribution in [-0.2, 0) is 11.2 Å². The van der Waals surface area contributed by atoms with E-state index in [2.05, 4.69) is 15.8 Å². The monoisotopic (exact) mass is 478 g/mol. The second-order valence-electron chi connectivity index (χ2n) is 8.47. The normalized spacial score (nSPS) is 12.4. The molecule has 0 radical (unpaired) electrons. The molecule has 8 heteroatoms. The number of fused-ring (bicyclic) bond motifs is 3. The van der Waals surface area contributed by atoms with Gasteiger partial charge < -0.3 is 14.5 Å². The molecule has 0 aliphatic carbocycles. The Kier molecular flexibility index (Phi) is 5.46. The molecule has 178 valence electrons. The molecule has 8 nitrogen and oxygen atoms in total. The fourth-order valence-electron chi connectivity index (χ4n) is 4.40. The Hall–Kier alpha value is -4.85. The van der Waals surface area contributed by atoms with Gasteiger partial charge in [0, 0.05) is 28.0 Å². The second kappa shape index (κ2) is 9.07. The van der Waals surface area contributed by atoms with E-state index in [1.807, 2.05) is 72.9 Å². The number of pyridine rings is 1. The number of amides is 2. The highest BCUT2D eigenvalue weighted by molar-refractivity contribution is 6.07. The lowest BCUT2D eigenvalue weighted by Crippen LogP contribution is -2.42. The summed E-state index contributed by atoms with van der Waals surface area (Å²) in [6.07, 6.45) is 1.94. The first-order chi connectivity index (χ1) is 17.7. The number of hydrogen-bond acceptors (Lipinski definition) is 5. The number of hydrogen-bond donors (Lipinski definition) is 3. The summed E-state index contributed by atoms with van der Waals surface area (Å²) in [7, 11) is 0. The molecule has 0 saturated heterocycles. The summed E-state index contributed by atoms with van der Waals surface area (Å²) in [4.78, 5) is 33.7. The van der Waals surface area contributed by atoms with Crippen LogP contribution in [0.4, 0.5) is 0 Å². The van der Waals surface area contributed by atoms with E-state index in [-0.39, 0.29) is 12.3 Å². The summed E-state index contributed by atoms with van der Waals surface area (Å²) in [6.45, 7) is 0.991. The maximum absolute atomic E-state index is 13.2. The quantitative estimate of drug-likeness (QED) is 0.337. The molecule has 6 rings (SSSR count). The number of benzene rings is 3. The van der Waals surface area contributed by atoms with Crippen LogP contribution in [0.25, 0.3) is 33.1 Å². The molecule has 2 aromatic heterocycles. The van der Waals surface area contributed by atoms with E-state index in [1.54, 1.807) is 6.07 Å². The predicted octanol–water partition coefficient (Wildman–Crippen LogP) is 4.16. The lowest BCUT2D eigenvalue weighted by molar-refractivity contribution is -0.121. The third-order valence-electron chi connectivity index (χ3n) is 6.14. The van der Waals surface area contributed by atoms with Crippen LogP contribution < -0.4 is 20.3 Å². The van der Waals surface area contributed by atoms with E-state index in [1.165, 1.54) is 0 Å². The van der Waals surface area contributed by atoms with E-state index in [0.717, 1.165) is 22.0 Å². The molecule has 0 unspecified atom stereocenters. The number of rotatable bonds is 4. The zero-order chi connectivity index (χ0) is 24.5. The van der Waals surface area contributed by atoms with Crippen LogP contribution in [0.2, 0.25) is 0 Å². The zero-order valence-corrected chi connectivity index (χ0v) is 19.2. The van der Waals surface area contributed by atoms with E-state index in [0.29, 0.717) is 46.9 Å². The average molecular weight is 479 g/mol. The molecule has 0 fully saturated rings. The molecule has 3 heterocycles. The minimum absolute atomic E-state index is 0.129. The molecule has 0 saturated carbocycles. The van der Waals surface area contributed by atoms with Crippen LogP contribution in [0.3, 0.4) is 0 Å². The van der Waals surface area contributed by atoms with Crippen molar-refractivity contribution in [3.63, 3.8) is 0 Å². The van der Waals surface area contributed by atoms with Gasteiger partial charge >= 0.3 is 0 Å². The molecule has 2 amide bonds. The number of hydrazine groups is 1. The van der Waals surface area contributed by atoms with Gasteiger partial charge in [-0.1, -0.05) is 36.4 Å². The number of carbonyl (C=O) groups is 2. The topological polar surface area (TPSA) is 105 Å². The van der Waals surface area contributed by atoms with Gasteiger partial charge in [0.2, 0.25) is 5.91 Å². The van der Waals surface area contributed by atoms with E-state index >= 15 is 0 Å². The smallest absolute Gasteiger partial charge is 0.270 e. The number of para-hydroxylation sites is 2. The van der Waals surface area contributed by atoms with Gasteiger partial charge in [0.15, 0.2) is 11.5 Å². The Morgan fingerprint density at radius 1 is 0.861 bits per heavy atom. The number of H-pyrrole nitrogens is 1. The number of aromatic nitrogens is 2. The van der Waals surface area contributed by atoms with E-state index in [9.17, 15) is 9.59 Å². The van der Waals surface area contributed by atoms with Gasteiger partial charge in [0.05, 0.1) is 23.2 Å². The standard InChI is InChI=1S/C28H22N4O4/c33-27(14-18-16-29-22-7-3-1-5-19(18)22)31-32-28(34)21-15-24(30-23-8-4-2-6-20(21)23)17-9-10-25-26(13-17)36-12-11-35-25/h1-10,13,15-16,29H,11-12,14H2,(H,31,33)(H,32,34). The first-order valence-electron chi connectivity index (χ1n) is 11.6. The highest BCUT2D eigenvalue weighted by Gasteiger charge is 2.18. The highest BCUT2D eigenvalue weighted by Crippen LogP contribution is 2.35. The minimum Gasteiger partial charge on any atom is -0.486 e. The van der Waals surface area contributed by atoms with Crippen LogP contribution in [0, 0.1) is 0 Å². The van der Waals surface area contributed by atoms with Crippen molar-refractivity contribution in [1.29, 1.82) is 0 Å². The molecule has 1 aliphatic heterocycles. The lowest BCUT2D eigenvalue weighted by atomic mass is 10.0. The molecular formula is C28H22N4O4. The Bertz CT molecular complexity index is 1630. The molecule has 0 spiro atoms. The van der Waals surface area contributed by atoms with Crippen molar-refractivity contribution in [2.45, 2.75) is 6.42 Å². The number of ether oxygens (including phenoxy) is 2. The number of nitrogens with one attached hydrogen (secondary N) is 3. The van der Waals surface area contributed by atoms with E-state index < -0.39 is 5.91 Å². The number of nitrogens with zero attached hydrogens (tertiary/aromatic N) is 1. The van der Waals surface area contributed by atoms with Gasteiger partial charge in [-0.05, 0) is 42.0 Å². The van der Waals surface area contributed by atoms with Gasteiger partial charge in [0.25, 0.3) is 5.91 Å². The van der Waals surface area contributed by atoms with Gasteiger partial charge in [-0.15, -0.1) is 0 Å². The van der Waals surface area contributed by atoms with Crippen molar-refractivity contribution >= 4 is 33.6 Å². The van der Waals surface area contributed by atoms with Crippen LogP contribution in [0.1, 0.15) is 15.9 Å². The average Bonchev–Trinajstić information content (AvgIpc) is 3.33. The summed E-state index contributed by atoms with van der Waals surface area (Å²) in [5.41, 5.74) is 9.38. The maximum atomic E-state index is 13.2.